The van der Waals surface area contributed by atoms with E-state index in [0.717, 1.165) is 24.4 Å². The molecule has 0 aliphatic rings. The Morgan fingerprint density at radius 2 is 2.18 bits per heavy atom. The maximum absolute atomic E-state index is 6.00. The van der Waals surface area contributed by atoms with Crippen LogP contribution in [0, 0.1) is 0 Å². The number of halogens is 1. The molecule has 0 saturated heterocycles. The van der Waals surface area contributed by atoms with Gasteiger partial charge in [-0.2, -0.15) is 0 Å². The summed E-state index contributed by atoms with van der Waals surface area (Å²) in [6.07, 6.45) is 4.44. The van der Waals surface area contributed by atoms with Crippen molar-refractivity contribution in [1.82, 2.24) is 5.32 Å². The minimum atomic E-state index is 0.401. The molecule has 0 heterocycles. The molecule has 0 aromatic heterocycles. The molecule has 0 fully saturated rings. The largest absolute Gasteiger partial charge is 0.310 e. The Bertz CT molecular complexity index is 367. The molecule has 0 radical (unpaired) electrons. The highest BCUT2D eigenvalue weighted by molar-refractivity contribution is 6.30. The first kappa shape index (κ1) is 14.3. The van der Waals surface area contributed by atoms with Gasteiger partial charge in [0.25, 0.3) is 0 Å². The Morgan fingerprint density at radius 1 is 1.41 bits per heavy atom. The lowest BCUT2D eigenvalue weighted by Crippen LogP contribution is -2.30. The number of allylic oxidation sites excluding steroid dienone is 1. The molecule has 0 aliphatic heterocycles. The lowest BCUT2D eigenvalue weighted by Gasteiger charge is -2.15. The Labute approximate surface area is 110 Å². The fourth-order valence-electron chi connectivity index (χ4n) is 1.84. The van der Waals surface area contributed by atoms with Crippen LogP contribution in [0.3, 0.4) is 0 Å². The van der Waals surface area contributed by atoms with Crippen molar-refractivity contribution in [2.24, 2.45) is 0 Å². The van der Waals surface area contributed by atoms with Crippen LogP contribution in [0.4, 0.5) is 0 Å². The van der Waals surface area contributed by atoms with Crippen LogP contribution in [0.5, 0.6) is 0 Å². The van der Waals surface area contributed by atoms with E-state index in [1.165, 1.54) is 11.1 Å². The zero-order valence-corrected chi connectivity index (χ0v) is 11.7. The van der Waals surface area contributed by atoms with E-state index in [9.17, 15) is 0 Å². The minimum absolute atomic E-state index is 0.401. The molecular weight excluding hydrogens is 230 g/mol. The highest BCUT2D eigenvalue weighted by Crippen LogP contribution is 2.13. The summed E-state index contributed by atoms with van der Waals surface area (Å²) in [5, 5.41) is 4.36. The molecule has 1 N–H and O–H groups in total. The molecule has 17 heavy (non-hydrogen) atoms. The first-order chi connectivity index (χ1) is 8.11. The average molecular weight is 252 g/mol. The summed E-state index contributed by atoms with van der Waals surface area (Å²) in [5.74, 6) is 0. The van der Waals surface area contributed by atoms with Crippen LogP contribution in [0.15, 0.2) is 35.9 Å². The van der Waals surface area contributed by atoms with Crippen LogP contribution in [-0.2, 0) is 6.42 Å². The summed E-state index contributed by atoms with van der Waals surface area (Å²) in [4.78, 5) is 0. The molecule has 0 spiro atoms. The van der Waals surface area contributed by atoms with Gasteiger partial charge in [-0.05, 0) is 50.9 Å². The second-order valence-corrected chi connectivity index (χ2v) is 5.08. The SMILES string of the molecule is CCCNC(C=C(C)C)Cc1cccc(Cl)c1. The quantitative estimate of drug-likeness (QED) is 0.747. The van der Waals surface area contributed by atoms with Crippen LogP contribution in [0.25, 0.3) is 0 Å². The smallest absolute Gasteiger partial charge is 0.0408 e. The molecule has 1 rings (SSSR count). The summed E-state index contributed by atoms with van der Waals surface area (Å²) in [6.45, 7) is 7.51. The van der Waals surface area contributed by atoms with Crippen LogP contribution in [0.2, 0.25) is 5.02 Å². The predicted molar refractivity (Wildman–Crippen MR) is 76.7 cm³/mol. The molecule has 0 amide bonds. The zero-order chi connectivity index (χ0) is 12.7. The molecule has 0 aliphatic carbocycles. The monoisotopic (exact) mass is 251 g/mol. The van der Waals surface area contributed by atoms with Gasteiger partial charge in [0.15, 0.2) is 0 Å². The number of hydrogen-bond acceptors (Lipinski definition) is 1. The normalized spacial score (nSPS) is 12.2. The van der Waals surface area contributed by atoms with Crippen molar-refractivity contribution in [1.29, 1.82) is 0 Å². The third-order valence-electron chi connectivity index (χ3n) is 2.54. The van der Waals surface area contributed by atoms with Gasteiger partial charge in [0.05, 0.1) is 0 Å². The molecule has 1 atom stereocenters. The molecule has 0 bridgehead atoms. The van der Waals surface area contributed by atoms with Crippen molar-refractivity contribution in [2.45, 2.75) is 39.7 Å². The van der Waals surface area contributed by atoms with Crippen molar-refractivity contribution in [3.8, 4) is 0 Å². The molecule has 1 aromatic carbocycles. The first-order valence-corrected chi connectivity index (χ1v) is 6.62. The van der Waals surface area contributed by atoms with Gasteiger partial charge in [0.2, 0.25) is 0 Å². The van der Waals surface area contributed by atoms with Crippen molar-refractivity contribution in [2.75, 3.05) is 6.54 Å². The highest BCUT2D eigenvalue weighted by Gasteiger charge is 2.05. The van der Waals surface area contributed by atoms with E-state index < -0.39 is 0 Å². The fourth-order valence-corrected chi connectivity index (χ4v) is 2.05. The molecule has 1 aromatic rings. The van der Waals surface area contributed by atoms with E-state index in [2.05, 4.69) is 38.2 Å². The topological polar surface area (TPSA) is 12.0 Å². The van der Waals surface area contributed by atoms with Crippen molar-refractivity contribution >= 4 is 11.6 Å². The lowest BCUT2D eigenvalue weighted by atomic mass is 10.0. The summed E-state index contributed by atoms with van der Waals surface area (Å²) in [7, 11) is 0. The lowest BCUT2D eigenvalue weighted by molar-refractivity contribution is 0.582. The summed E-state index contributed by atoms with van der Waals surface area (Å²) >= 11 is 6.00. The van der Waals surface area contributed by atoms with Crippen molar-refractivity contribution < 1.29 is 0 Å². The van der Waals surface area contributed by atoms with E-state index >= 15 is 0 Å². The Kier molecular flexibility index (Phi) is 6.31. The number of hydrogen-bond donors (Lipinski definition) is 1. The third-order valence-corrected chi connectivity index (χ3v) is 2.77. The minimum Gasteiger partial charge on any atom is -0.310 e. The second-order valence-electron chi connectivity index (χ2n) is 4.64. The zero-order valence-electron chi connectivity index (χ0n) is 11.0. The van der Waals surface area contributed by atoms with Crippen LogP contribution < -0.4 is 5.32 Å². The van der Waals surface area contributed by atoms with Gasteiger partial charge in [0, 0.05) is 11.1 Å². The second kappa shape index (κ2) is 7.52. The fraction of sp³-hybridized carbons (Fsp3) is 0.467. The highest BCUT2D eigenvalue weighted by atomic mass is 35.5. The van der Waals surface area contributed by atoms with Gasteiger partial charge < -0.3 is 5.32 Å². The van der Waals surface area contributed by atoms with Gasteiger partial charge in [-0.3, -0.25) is 0 Å². The molecule has 1 nitrogen and oxygen atoms in total. The van der Waals surface area contributed by atoms with Gasteiger partial charge in [-0.25, -0.2) is 0 Å². The average Bonchev–Trinajstić information content (AvgIpc) is 2.25. The van der Waals surface area contributed by atoms with Gasteiger partial charge in [-0.15, -0.1) is 0 Å². The van der Waals surface area contributed by atoms with Crippen LogP contribution in [0.1, 0.15) is 32.8 Å². The standard InChI is InChI=1S/C15H22ClN/c1-4-8-17-15(9-12(2)3)11-13-6-5-7-14(16)10-13/h5-7,9-10,15,17H,4,8,11H2,1-3H3. The molecule has 1 unspecified atom stereocenters. The Balaban J connectivity index is 2.68. The first-order valence-electron chi connectivity index (χ1n) is 6.24. The maximum Gasteiger partial charge on any atom is 0.0408 e. The van der Waals surface area contributed by atoms with Gasteiger partial charge in [0.1, 0.15) is 0 Å². The maximum atomic E-state index is 6.00. The van der Waals surface area contributed by atoms with Crippen molar-refractivity contribution in [3.05, 3.63) is 46.5 Å². The Hall–Kier alpha value is -0.790. The van der Waals surface area contributed by atoms with E-state index in [0.29, 0.717) is 6.04 Å². The molecule has 0 saturated carbocycles. The van der Waals surface area contributed by atoms with E-state index in [1.807, 2.05) is 18.2 Å². The Morgan fingerprint density at radius 3 is 2.76 bits per heavy atom. The van der Waals surface area contributed by atoms with Crippen molar-refractivity contribution in [3.63, 3.8) is 0 Å². The number of nitrogens with one attached hydrogen (secondary N) is 1. The molecule has 2 heteroatoms. The van der Waals surface area contributed by atoms with E-state index in [1.54, 1.807) is 0 Å². The third kappa shape index (κ3) is 5.90. The van der Waals surface area contributed by atoms with E-state index in [-0.39, 0.29) is 0 Å². The van der Waals surface area contributed by atoms with Crippen LogP contribution >= 0.6 is 11.6 Å². The summed E-state index contributed by atoms with van der Waals surface area (Å²) < 4.78 is 0. The predicted octanol–water partition coefficient (Wildman–Crippen LogP) is 4.22. The van der Waals surface area contributed by atoms with Gasteiger partial charge in [-0.1, -0.05) is 42.3 Å². The van der Waals surface area contributed by atoms with Gasteiger partial charge >= 0.3 is 0 Å². The summed E-state index contributed by atoms with van der Waals surface area (Å²) in [5.41, 5.74) is 2.63. The van der Waals surface area contributed by atoms with Crippen LogP contribution in [-0.4, -0.2) is 12.6 Å². The summed E-state index contributed by atoms with van der Waals surface area (Å²) in [6, 6.07) is 8.50. The van der Waals surface area contributed by atoms with E-state index in [4.69, 9.17) is 11.6 Å². The molecule has 94 valence electrons. The number of benzene rings is 1. The number of rotatable bonds is 6. The molecular formula is C15H22ClN.